The molecule has 0 unspecified atom stereocenters. The average molecular weight is 323 g/mol. The maximum absolute atomic E-state index is 12.1. The molecule has 0 radical (unpaired) electrons. The summed E-state index contributed by atoms with van der Waals surface area (Å²) in [4.78, 5) is 18.6. The van der Waals surface area contributed by atoms with Crippen LogP contribution in [0, 0.1) is 0 Å². The summed E-state index contributed by atoms with van der Waals surface area (Å²) in [6, 6.07) is 0. The van der Waals surface area contributed by atoms with Gasteiger partial charge in [-0.3, -0.25) is 14.8 Å². The van der Waals surface area contributed by atoms with Crippen molar-refractivity contribution in [3.8, 4) is 0 Å². The molecule has 0 saturated carbocycles. The number of aromatic amines is 1. The first-order valence-corrected chi connectivity index (χ1v) is 8.38. The Morgan fingerprint density at radius 1 is 1.43 bits per heavy atom. The number of carbonyl (C=O) groups excluding carboxylic acids is 1. The fourth-order valence-electron chi connectivity index (χ4n) is 2.91. The maximum atomic E-state index is 12.1. The Balaban J connectivity index is 1.45. The van der Waals surface area contributed by atoms with Crippen molar-refractivity contribution < 1.29 is 14.3 Å². The molecular formula is C15H25N5O3. The lowest BCUT2D eigenvalue weighted by Crippen LogP contribution is -2.45. The van der Waals surface area contributed by atoms with Gasteiger partial charge in [-0.1, -0.05) is 6.92 Å². The summed E-state index contributed by atoms with van der Waals surface area (Å²) >= 11 is 0. The highest BCUT2D eigenvalue weighted by Crippen LogP contribution is 2.19. The number of hydrogen-bond acceptors (Lipinski definition) is 6. The van der Waals surface area contributed by atoms with E-state index in [0.29, 0.717) is 32.1 Å². The zero-order valence-corrected chi connectivity index (χ0v) is 13.6. The Hall–Kier alpha value is -1.51. The van der Waals surface area contributed by atoms with Crippen LogP contribution >= 0.6 is 0 Å². The summed E-state index contributed by atoms with van der Waals surface area (Å²) in [7, 11) is 0. The molecule has 23 heavy (non-hydrogen) atoms. The first kappa shape index (κ1) is 16.4. The minimum absolute atomic E-state index is 0.0328. The second-order valence-electron chi connectivity index (χ2n) is 6.03. The number of rotatable bonds is 6. The third-order valence-electron chi connectivity index (χ3n) is 4.24. The van der Waals surface area contributed by atoms with Crippen LogP contribution < -0.4 is 5.32 Å². The zero-order chi connectivity index (χ0) is 16.1. The summed E-state index contributed by atoms with van der Waals surface area (Å²) in [6.07, 6.45) is 2.94. The van der Waals surface area contributed by atoms with Crippen molar-refractivity contribution in [1.82, 2.24) is 25.4 Å². The van der Waals surface area contributed by atoms with Crippen molar-refractivity contribution in [1.29, 1.82) is 0 Å². The van der Waals surface area contributed by atoms with Gasteiger partial charge in [-0.2, -0.15) is 5.10 Å². The van der Waals surface area contributed by atoms with E-state index in [4.69, 9.17) is 9.47 Å². The normalized spacial score (nSPS) is 25.6. The van der Waals surface area contributed by atoms with Gasteiger partial charge in [0, 0.05) is 32.7 Å². The second-order valence-corrected chi connectivity index (χ2v) is 6.03. The number of nitrogens with one attached hydrogen (secondary N) is 2. The fourth-order valence-corrected chi connectivity index (χ4v) is 2.91. The maximum Gasteiger partial charge on any atom is 0.234 e. The monoisotopic (exact) mass is 323 g/mol. The van der Waals surface area contributed by atoms with E-state index in [1.54, 1.807) is 0 Å². The number of ether oxygens (including phenoxy) is 2. The van der Waals surface area contributed by atoms with Crippen LogP contribution in [0.25, 0.3) is 0 Å². The lowest BCUT2D eigenvalue weighted by Gasteiger charge is -2.31. The minimum atomic E-state index is -0.175. The number of amides is 1. The van der Waals surface area contributed by atoms with Crippen molar-refractivity contribution in [3.63, 3.8) is 0 Å². The summed E-state index contributed by atoms with van der Waals surface area (Å²) < 4.78 is 11.2. The number of H-pyrrole nitrogens is 1. The Morgan fingerprint density at radius 2 is 2.35 bits per heavy atom. The van der Waals surface area contributed by atoms with Gasteiger partial charge < -0.3 is 14.8 Å². The van der Waals surface area contributed by atoms with E-state index in [2.05, 4.69) is 25.4 Å². The molecular weight excluding hydrogens is 298 g/mol. The molecule has 8 heteroatoms. The lowest BCUT2D eigenvalue weighted by atomic mass is 10.2. The van der Waals surface area contributed by atoms with Crippen LogP contribution in [0.15, 0.2) is 0 Å². The smallest absolute Gasteiger partial charge is 0.234 e. The highest BCUT2D eigenvalue weighted by atomic mass is 16.5. The minimum Gasteiger partial charge on any atom is -0.376 e. The molecule has 0 spiro atoms. The predicted molar refractivity (Wildman–Crippen MR) is 82.9 cm³/mol. The van der Waals surface area contributed by atoms with E-state index in [1.807, 2.05) is 6.92 Å². The molecule has 3 rings (SSSR count). The van der Waals surface area contributed by atoms with Gasteiger partial charge in [0.15, 0.2) is 5.82 Å². The second kappa shape index (κ2) is 7.85. The Morgan fingerprint density at radius 3 is 3.09 bits per heavy atom. The van der Waals surface area contributed by atoms with Crippen LogP contribution in [0.3, 0.4) is 0 Å². The van der Waals surface area contributed by atoms with Gasteiger partial charge >= 0.3 is 0 Å². The summed E-state index contributed by atoms with van der Waals surface area (Å²) in [6.45, 7) is 5.77. The number of aryl methyl sites for hydroxylation is 1. The fraction of sp³-hybridized carbons (Fsp3) is 0.800. The quantitative estimate of drug-likeness (QED) is 0.768. The standard InChI is InChI=1S/C15H25N5O3/c1-2-13-17-15(19-18-13)12-9-20(5-7-23-12)10-14(21)16-8-11-4-3-6-22-11/h11-12H,2-10H2,1H3,(H,16,21)(H,17,18,19)/t11-,12+/m0/s1. The van der Waals surface area contributed by atoms with E-state index >= 15 is 0 Å². The molecule has 8 nitrogen and oxygen atoms in total. The summed E-state index contributed by atoms with van der Waals surface area (Å²) in [5.74, 6) is 1.56. The van der Waals surface area contributed by atoms with Crippen LogP contribution in [-0.2, 0) is 20.7 Å². The van der Waals surface area contributed by atoms with Crippen molar-refractivity contribution in [2.45, 2.75) is 38.4 Å². The van der Waals surface area contributed by atoms with Gasteiger partial charge in [0.05, 0.1) is 19.3 Å². The molecule has 2 fully saturated rings. The van der Waals surface area contributed by atoms with Gasteiger partial charge in [0.1, 0.15) is 11.9 Å². The Labute approximate surface area is 135 Å². The zero-order valence-electron chi connectivity index (χ0n) is 13.6. The molecule has 2 atom stereocenters. The predicted octanol–water partition coefficient (Wildman–Crippen LogP) is 0.0356. The summed E-state index contributed by atoms with van der Waals surface area (Å²) in [5.41, 5.74) is 0. The number of carbonyl (C=O) groups is 1. The molecule has 1 aromatic rings. The Bertz CT molecular complexity index is 515. The molecule has 0 aromatic carbocycles. The van der Waals surface area contributed by atoms with Crippen LogP contribution in [0.4, 0.5) is 0 Å². The van der Waals surface area contributed by atoms with E-state index in [-0.39, 0.29) is 18.1 Å². The molecule has 2 aliphatic heterocycles. The van der Waals surface area contributed by atoms with E-state index < -0.39 is 0 Å². The van der Waals surface area contributed by atoms with Crippen molar-refractivity contribution >= 4 is 5.91 Å². The number of nitrogens with zero attached hydrogens (tertiary/aromatic N) is 3. The molecule has 128 valence electrons. The van der Waals surface area contributed by atoms with Gasteiger partial charge in [-0.25, -0.2) is 4.98 Å². The van der Waals surface area contributed by atoms with Crippen LogP contribution in [0.1, 0.15) is 37.5 Å². The van der Waals surface area contributed by atoms with Gasteiger partial charge in [-0.05, 0) is 12.8 Å². The molecule has 0 aliphatic carbocycles. The van der Waals surface area contributed by atoms with Gasteiger partial charge in [0.25, 0.3) is 0 Å². The number of aromatic nitrogens is 3. The first-order chi connectivity index (χ1) is 11.2. The van der Waals surface area contributed by atoms with Crippen LogP contribution in [0.5, 0.6) is 0 Å². The average Bonchev–Trinajstić information content (AvgIpc) is 3.24. The number of morpholine rings is 1. The van der Waals surface area contributed by atoms with Crippen molar-refractivity contribution in [2.24, 2.45) is 0 Å². The molecule has 1 amide bonds. The molecule has 2 saturated heterocycles. The Kier molecular flexibility index (Phi) is 5.58. The SMILES string of the molecule is CCc1nc([C@H]2CN(CC(=O)NC[C@@H]3CCCO3)CCO2)n[nH]1. The van der Waals surface area contributed by atoms with Crippen molar-refractivity contribution in [3.05, 3.63) is 11.6 Å². The largest absolute Gasteiger partial charge is 0.376 e. The molecule has 2 N–H and O–H groups in total. The van der Waals surface area contributed by atoms with Crippen LogP contribution in [-0.4, -0.2) is 71.5 Å². The van der Waals surface area contributed by atoms with E-state index in [9.17, 15) is 4.79 Å². The molecule has 0 bridgehead atoms. The van der Waals surface area contributed by atoms with Gasteiger partial charge in [0.2, 0.25) is 5.91 Å². The highest BCUT2D eigenvalue weighted by Gasteiger charge is 2.26. The highest BCUT2D eigenvalue weighted by molar-refractivity contribution is 5.78. The molecule has 3 heterocycles. The number of hydrogen-bond donors (Lipinski definition) is 2. The first-order valence-electron chi connectivity index (χ1n) is 8.38. The molecule has 2 aliphatic rings. The third kappa shape index (κ3) is 4.49. The van der Waals surface area contributed by atoms with Crippen LogP contribution in [0.2, 0.25) is 0 Å². The topological polar surface area (TPSA) is 92.4 Å². The van der Waals surface area contributed by atoms with E-state index in [1.165, 1.54) is 0 Å². The third-order valence-corrected chi connectivity index (χ3v) is 4.24. The van der Waals surface area contributed by atoms with Gasteiger partial charge in [-0.15, -0.1) is 0 Å². The lowest BCUT2D eigenvalue weighted by molar-refractivity contribution is -0.125. The van der Waals surface area contributed by atoms with E-state index in [0.717, 1.165) is 38.2 Å². The van der Waals surface area contributed by atoms with Crippen molar-refractivity contribution in [2.75, 3.05) is 39.4 Å². The molecule has 1 aromatic heterocycles. The summed E-state index contributed by atoms with van der Waals surface area (Å²) in [5, 5.41) is 10.1.